The summed E-state index contributed by atoms with van der Waals surface area (Å²) in [5.41, 5.74) is 1.11. The molecule has 0 fully saturated rings. The van der Waals surface area contributed by atoms with E-state index in [2.05, 4.69) is 35.1 Å². The zero-order valence-electron chi connectivity index (χ0n) is 12.2. The average Bonchev–Trinajstić information content (AvgIpc) is 2.87. The molecule has 114 valence electrons. The molecule has 3 nitrogen and oxygen atoms in total. The lowest BCUT2D eigenvalue weighted by molar-refractivity contribution is 0.268. The third kappa shape index (κ3) is 5.06. The Hall–Kier alpha value is -0.970. The van der Waals surface area contributed by atoms with Gasteiger partial charge in [0.1, 0.15) is 18.1 Å². The van der Waals surface area contributed by atoms with Crippen LogP contribution < -0.4 is 10.1 Å². The molecule has 1 aromatic heterocycles. The van der Waals surface area contributed by atoms with Crippen LogP contribution in [-0.2, 0) is 13.2 Å². The maximum absolute atomic E-state index is 6.11. The van der Waals surface area contributed by atoms with E-state index < -0.39 is 0 Å². The van der Waals surface area contributed by atoms with Crippen LogP contribution in [0.4, 0.5) is 0 Å². The van der Waals surface area contributed by atoms with Gasteiger partial charge in [-0.25, -0.2) is 0 Å². The molecule has 0 spiro atoms. The van der Waals surface area contributed by atoms with Crippen molar-refractivity contribution >= 4 is 27.5 Å². The Labute approximate surface area is 138 Å². The first-order chi connectivity index (χ1) is 10.1. The van der Waals surface area contributed by atoms with Gasteiger partial charge in [-0.1, -0.05) is 41.4 Å². The van der Waals surface area contributed by atoms with Gasteiger partial charge < -0.3 is 14.5 Å². The van der Waals surface area contributed by atoms with Gasteiger partial charge in [-0.15, -0.1) is 0 Å². The van der Waals surface area contributed by atoms with E-state index in [0.29, 0.717) is 23.3 Å². The van der Waals surface area contributed by atoms with Gasteiger partial charge in [0.2, 0.25) is 0 Å². The van der Waals surface area contributed by atoms with Gasteiger partial charge in [-0.2, -0.15) is 0 Å². The van der Waals surface area contributed by atoms with Crippen LogP contribution >= 0.6 is 27.5 Å². The summed E-state index contributed by atoms with van der Waals surface area (Å²) >= 11 is 9.51. The summed E-state index contributed by atoms with van der Waals surface area (Å²) in [6.07, 6.45) is 1.69. The fraction of sp³-hybridized carbons (Fsp3) is 0.375. The van der Waals surface area contributed by atoms with Crippen molar-refractivity contribution in [2.24, 2.45) is 5.92 Å². The molecule has 1 heterocycles. The predicted molar refractivity (Wildman–Crippen MR) is 88.7 cm³/mol. The number of hydrogen-bond acceptors (Lipinski definition) is 3. The van der Waals surface area contributed by atoms with Gasteiger partial charge in [-0.05, 0) is 36.7 Å². The predicted octanol–water partition coefficient (Wildman–Crippen LogP) is 5.02. The monoisotopic (exact) mass is 371 g/mol. The van der Waals surface area contributed by atoms with Crippen LogP contribution in [0.15, 0.2) is 39.4 Å². The second-order valence-electron chi connectivity index (χ2n) is 5.26. The van der Waals surface area contributed by atoms with E-state index in [0.717, 1.165) is 28.9 Å². The molecule has 21 heavy (non-hydrogen) atoms. The van der Waals surface area contributed by atoms with Gasteiger partial charge in [0.05, 0.1) is 11.3 Å². The van der Waals surface area contributed by atoms with Crippen molar-refractivity contribution in [1.82, 2.24) is 5.32 Å². The molecule has 2 aromatic rings. The van der Waals surface area contributed by atoms with Crippen LogP contribution in [0.5, 0.6) is 5.75 Å². The second-order valence-corrected chi connectivity index (χ2v) is 6.58. The second kappa shape index (κ2) is 7.87. The molecule has 0 aliphatic rings. The van der Waals surface area contributed by atoms with Gasteiger partial charge in [0.15, 0.2) is 0 Å². The standard InChI is InChI=1S/C16H19BrClNO2/c1-11(2)8-19-9-12-5-6-20-16(12)10-21-15-7-13(17)3-4-14(15)18/h3-7,11,19H,8-10H2,1-2H3. The van der Waals surface area contributed by atoms with E-state index in [-0.39, 0.29) is 0 Å². The van der Waals surface area contributed by atoms with Crippen molar-refractivity contribution in [3.63, 3.8) is 0 Å². The van der Waals surface area contributed by atoms with Crippen molar-refractivity contribution in [3.8, 4) is 5.75 Å². The highest BCUT2D eigenvalue weighted by atomic mass is 79.9. The SMILES string of the molecule is CC(C)CNCc1ccoc1COc1cc(Br)ccc1Cl. The van der Waals surface area contributed by atoms with Crippen LogP contribution in [0.2, 0.25) is 5.02 Å². The van der Waals surface area contributed by atoms with Crippen LogP contribution in [0, 0.1) is 5.92 Å². The Bertz CT molecular complexity index is 583. The summed E-state index contributed by atoms with van der Waals surface area (Å²) in [7, 11) is 0. The fourth-order valence-corrected chi connectivity index (χ4v) is 2.39. The molecule has 1 aromatic carbocycles. The van der Waals surface area contributed by atoms with E-state index in [4.69, 9.17) is 20.8 Å². The number of ether oxygens (including phenoxy) is 1. The van der Waals surface area contributed by atoms with Crippen LogP contribution in [-0.4, -0.2) is 6.54 Å². The van der Waals surface area contributed by atoms with Crippen LogP contribution in [0.25, 0.3) is 0 Å². The average molecular weight is 373 g/mol. The number of nitrogens with one attached hydrogen (secondary N) is 1. The molecule has 0 atom stereocenters. The fourth-order valence-electron chi connectivity index (χ4n) is 1.88. The molecule has 0 aliphatic carbocycles. The first-order valence-electron chi connectivity index (χ1n) is 6.90. The quantitative estimate of drug-likeness (QED) is 0.741. The lowest BCUT2D eigenvalue weighted by atomic mass is 10.2. The summed E-state index contributed by atoms with van der Waals surface area (Å²) in [6, 6.07) is 7.49. The highest BCUT2D eigenvalue weighted by Crippen LogP contribution is 2.29. The zero-order valence-corrected chi connectivity index (χ0v) is 14.5. The van der Waals surface area contributed by atoms with Crippen molar-refractivity contribution in [3.05, 3.63) is 51.3 Å². The van der Waals surface area contributed by atoms with Crippen molar-refractivity contribution in [2.75, 3.05) is 6.54 Å². The number of hydrogen-bond donors (Lipinski definition) is 1. The smallest absolute Gasteiger partial charge is 0.146 e. The Morgan fingerprint density at radius 3 is 2.90 bits per heavy atom. The number of halogens is 2. The zero-order chi connectivity index (χ0) is 15.2. The largest absolute Gasteiger partial charge is 0.484 e. The maximum Gasteiger partial charge on any atom is 0.146 e. The normalized spacial score (nSPS) is 11.1. The van der Waals surface area contributed by atoms with Crippen molar-refractivity contribution in [1.29, 1.82) is 0 Å². The van der Waals surface area contributed by atoms with Crippen molar-refractivity contribution < 1.29 is 9.15 Å². The summed E-state index contributed by atoms with van der Waals surface area (Å²) in [6.45, 7) is 6.48. The number of furan rings is 1. The lowest BCUT2D eigenvalue weighted by Gasteiger charge is -2.10. The lowest BCUT2D eigenvalue weighted by Crippen LogP contribution is -2.19. The van der Waals surface area contributed by atoms with Gasteiger partial charge in [0, 0.05) is 16.6 Å². The molecule has 0 saturated carbocycles. The summed E-state index contributed by atoms with van der Waals surface area (Å²) < 4.78 is 12.2. The van der Waals surface area contributed by atoms with E-state index >= 15 is 0 Å². The molecule has 1 N–H and O–H groups in total. The van der Waals surface area contributed by atoms with E-state index in [9.17, 15) is 0 Å². The Balaban J connectivity index is 1.94. The molecular weight excluding hydrogens is 354 g/mol. The summed E-state index contributed by atoms with van der Waals surface area (Å²) in [4.78, 5) is 0. The minimum Gasteiger partial charge on any atom is -0.484 e. The first kappa shape index (κ1) is 16.4. The highest BCUT2D eigenvalue weighted by molar-refractivity contribution is 9.10. The van der Waals surface area contributed by atoms with Gasteiger partial charge in [-0.3, -0.25) is 0 Å². The maximum atomic E-state index is 6.11. The first-order valence-corrected chi connectivity index (χ1v) is 8.07. The molecule has 0 radical (unpaired) electrons. The van der Waals surface area contributed by atoms with Crippen LogP contribution in [0.3, 0.4) is 0 Å². The number of rotatable bonds is 7. The Kier molecular flexibility index (Phi) is 6.15. The third-order valence-electron chi connectivity index (χ3n) is 2.96. The molecular formula is C16H19BrClNO2. The topological polar surface area (TPSA) is 34.4 Å². The molecule has 0 bridgehead atoms. The molecule has 0 saturated heterocycles. The van der Waals surface area contributed by atoms with E-state index in [1.807, 2.05) is 18.2 Å². The highest BCUT2D eigenvalue weighted by Gasteiger charge is 2.09. The Morgan fingerprint density at radius 1 is 1.33 bits per heavy atom. The molecule has 0 amide bonds. The minimum atomic E-state index is 0.363. The summed E-state index contributed by atoms with van der Waals surface area (Å²) in [5.74, 6) is 2.09. The van der Waals surface area contributed by atoms with E-state index in [1.54, 1.807) is 12.3 Å². The molecule has 0 unspecified atom stereocenters. The van der Waals surface area contributed by atoms with Gasteiger partial charge in [0.25, 0.3) is 0 Å². The minimum absolute atomic E-state index is 0.363. The molecule has 2 rings (SSSR count). The van der Waals surface area contributed by atoms with Crippen molar-refractivity contribution in [2.45, 2.75) is 27.0 Å². The summed E-state index contributed by atoms with van der Waals surface area (Å²) in [5, 5.41) is 3.98. The Morgan fingerprint density at radius 2 is 2.14 bits per heavy atom. The van der Waals surface area contributed by atoms with Crippen LogP contribution in [0.1, 0.15) is 25.2 Å². The molecule has 5 heteroatoms. The van der Waals surface area contributed by atoms with Gasteiger partial charge >= 0.3 is 0 Å². The van der Waals surface area contributed by atoms with E-state index in [1.165, 1.54) is 0 Å². The number of benzene rings is 1. The molecule has 0 aliphatic heterocycles. The third-order valence-corrected chi connectivity index (χ3v) is 3.76.